The van der Waals surface area contributed by atoms with Crippen LogP contribution in [0.5, 0.6) is 5.75 Å². The van der Waals surface area contributed by atoms with Gasteiger partial charge < -0.3 is 4.74 Å². The topological polar surface area (TPSA) is 80.7 Å². The fraction of sp³-hybridized carbons (Fsp3) is 0.125. The second-order valence-electron chi connectivity index (χ2n) is 2.81. The monoisotopic (exact) mass is 420 g/mol. The summed E-state index contributed by atoms with van der Waals surface area (Å²) >= 11 is 5.22. The van der Waals surface area contributed by atoms with Crippen molar-refractivity contribution >= 4 is 54.6 Å². The van der Waals surface area contributed by atoms with E-state index in [-0.39, 0.29) is 5.75 Å². The predicted octanol–water partition coefficient (Wildman–Crippen LogP) is 1.85. The van der Waals surface area contributed by atoms with Crippen molar-refractivity contribution in [3.05, 3.63) is 26.2 Å². The number of esters is 1. The van der Waals surface area contributed by atoms with Crippen molar-refractivity contribution in [1.29, 1.82) is 0 Å². The van der Waals surface area contributed by atoms with Crippen LogP contribution in [0.2, 0.25) is 0 Å². The van der Waals surface area contributed by atoms with E-state index in [0.717, 1.165) is 3.57 Å². The zero-order valence-corrected chi connectivity index (χ0v) is 12.2. The van der Waals surface area contributed by atoms with Gasteiger partial charge in [-0.2, -0.15) is 8.42 Å². The van der Waals surface area contributed by atoms with E-state index < -0.39 is 21.8 Å². The van der Waals surface area contributed by atoms with Gasteiger partial charge in [0.1, 0.15) is 5.75 Å². The Bertz CT molecular complexity index is 493. The molecule has 16 heavy (non-hydrogen) atoms. The number of carbonyl (C=O) groups excluding carboxylic acids is 1. The van der Waals surface area contributed by atoms with Gasteiger partial charge in [0.05, 0.1) is 0 Å². The Labute approximate surface area is 114 Å². The van der Waals surface area contributed by atoms with Crippen LogP contribution in [0.1, 0.15) is 0 Å². The molecule has 0 spiro atoms. The molecule has 0 aliphatic heterocycles. The number of halogens is 2. The van der Waals surface area contributed by atoms with E-state index in [1.165, 1.54) is 6.07 Å². The molecular weight excluding hydrogens is 415 g/mol. The summed E-state index contributed by atoms with van der Waals surface area (Å²) in [5.41, 5.74) is 0. The third-order valence-corrected chi connectivity index (χ3v) is 3.05. The first kappa shape index (κ1) is 13.9. The molecule has 0 saturated heterocycles. The van der Waals surface area contributed by atoms with Crippen LogP contribution < -0.4 is 4.74 Å². The van der Waals surface area contributed by atoms with E-state index in [2.05, 4.69) is 15.9 Å². The van der Waals surface area contributed by atoms with Crippen molar-refractivity contribution in [2.45, 2.75) is 0 Å². The van der Waals surface area contributed by atoms with E-state index in [0.29, 0.717) is 4.47 Å². The van der Waals surface area contributed by atoms with Crippen molar-refractivity contribution in [3.8, 4) is 5.75 Å². The standard InChI is InChI=1S/C8H6BrIO5S/c9-5-1-6(10)3-7(2-5)15-8(11)4-16(12,13)14/h1-3H,4H2,(H,12,13,14). The van der Waals surface area contributed by atoms with Crippen LogP contribution in [0.25, 0.3) is 0 Å². The Balaban J connectivity index is 2.77. The Morgan fingerprint density at radius 3 is 2.56 bits per heavy atom. The van der Waals surface area contributed by atoms with Gasteiger partial charge >= 0.3 is 5.97 Å². The van der Waals surface area contributed by atoms with Crippen molar-refractivity contribution in [1.82, 2.24) is 0 Å². The van der Waals surface area contributed by atoms with Crippen LogP contribution in [-0.2, 0) is 14.9 Å². The van der Waals surface area contributed by atoms with Crippen LogP contribution in [0.15, 0.2) is 22.7 Å². The summed E-state index contributed by atoms with van der Waals surface area (Å²) in [6.45, 7) is 0. The van der Waals surface area contributed by atoms with Gasteiger partial charge in [-0.3, -0.25) is 9.35 Å². The number of ether oxygens (including phenoxy) is 1. The van der Waals surface area contributed by atoms with Crippen molar-refractivity contribution in [2.75, 3.05) is 5.75 Å². The van der Waals surface area contributed by atoms with Crippen LogP contribution in [0.4, 0.5) is 0 Å². The number of hydrogen-bond donors (Lipinski definition) is 1. The first-order valence-corrected chi connectivity index (χ1v) is 7.36. The second-order valence-corrected chi connectivity index (χ2v) is 6.42. The average Bonchev–Trinajstić information content (AvgIpc) is 1.96. The Morgan fingerprint density at radius 2 is 2.06 bits per heavy atom. The molecule has 5 nitrogen and oxygen atoms in total. The predicted molar refractivity (Wildman–Crippen MR) is 68.9 cm³/mol. The lowest BCUT2D eigenvalue weighted by atomic mass is 10.3. The lowest BCUT2D eigenvalue weighted by Gasteiger charge is -2.04. The van der Waals surface area contributed by atoms with Gasteiger partial charge in [-0.25, -0.2) is 0 Å². The van der Waals surface area contributed by atoms with Crippen LogP contribution in [-0.4, -0.2) is 24.7 Å². The number of rotatable bonds is 3. The first-order valence-electron chi connectivity index (χ1n) is 3.88. The quantitative estimate of drug-likeness (QED) is 0.349. The van der Waals surface area contributed by atoms with Gasteiger partial charge in [0, 0.05) is 8.04 Å². The number of carbonyl (C=O) groups is 1. The van der Waals surface area contributed by atoms with Gasteiger partial charge in [0.2, 0.25) is 0 Å². The molecule has 0 amide bonds. The van der Waals surface area contributed by atoms with E-state index >= 15 is 0 Å². The van der Waals surface area contributed by atoms with Crippen molar-refractivity contribution in [2.24, 2.45) is 0 Å². The minimum Gasteiger partial charge on any atom is -0.426 e. The fourth-order valence-electron chi connectivity index (χ4n) is 0.897. The highest BCUT2D eigenvalue weighted by atomic mass is 127. The first-order chi connectivity index (χ1) is 7.26. The van der Waals surface area contributed by atoms with E-state index in [1.807, 2.05) is 22.6 Å². The van der Waals surface area contributed by atoms with Gasteiger partial charge in [-0.15, -0.1) is 0 Å². The molecule has 1 N–H and O–H groups in total. The van der Waals surface area contributed by atoms with Crippen LogP contribution >= 0.6 is 38.5 Å². The molecule has 0 saturated carbocycles. The number of hydrogen-bond acceptors (Lipinski definition) is 4. The third kappa shape index (κ3) is 5.23. The third-order valence-electron chi connectivity index (χ3n) is 1.37. The molecule has 0 bridgehead atoms. The molecule has 88 valence electrons. The molecule has 0 aliphatic rings. The maximum atomic E-state index is 11.1. The van der Waals surface area contributed by atoms with Crippen molar-refractivity contribution < 1.29 is 22.5 Å². The van der Waals surface area contributed by atoms with E-state index in [9.17, 15) is 13.2 Å². The Kier molecular flexibility index (Phi) is 4.71. The summed E-state index contributed by atoms with van der Waals surface area (Å²) in [5.74, 6) is -1.88. The van der Waals surface area contributed by atoms with Gasteiger partial charge in [-0.05, 0) is 40.8 Å². The Morgan fingerprint density at radius 1 is 1.44 bits per heavy atom. The lowest BCUT2D eigenvalue weighted by Crippen LogP contribution is -2.20. The molecule has 0 fully saturated rings. The summed E-state index contributed by atoms with van der Waals surface area (Å²) in [5, 5.41) is 0. The molecule has 1 rings (SSSR count). The van der Waals surface area contributed by atoms with Crippen LogP contribution in [0, 0.1) is 3.57 Å². The number of benzene rings is 1. The van der Waals surface area contributed by atoms with Gasteiger partial charge in [0.15, 0.2) is 5.75 Å². The maximum Gasteiger partial charge on any atom is 0.329 e. The zero-order chi connectivity index (χ0) is 12.3. The summed E-state index contributed by atoms with van der Waals surface area (Å²) in [7, 11) is -4.35. The molecule has 0 unspecified atom stereocenters. The molecule has 0 radical (unpaired) electrons. The normalized spacial score (nSPS) is 11.2. The second kappa shape index (κ2) is 5.43. The molecule has 0 aliphatic carbocycles. The molecular formula is C8H6BrIO5S. The fourth-order valence-corrected chi connectivity index (χ4v) is 2.80. The molecule has 8 heteroatoms. The molecule has 0 aromatic heterocycles. The van der Waals surface area contributed by atoms with Gasteiger partial charge in [0.25, 0.3) is 10.1 Å². The molecule has 0 atom stereocenters. The highest BCUT2D eigenvalue weighted by molar-refractivity contribution is 14.1. The lowest BCUT2D eigenvalue weighted by molar-refractivity contribution is -0.131. The zero-order valence-electron chi connectivity index (χ0n) is 7.68. The SMILES string of the molecule is O=C(CS(=O)(=O)O)Oc1cc(Br)cc(I)c1. The summed E-state index contributed by atoms with van der Waals surface area (Å²) in [4.78, 5) is 11.1. The summed E-state index contributed by atoms with van der Waals surface area (Å²) in [6.07, 6.45) is 0. The van der Waals surface area contributed by atoms with Gasteiger partial charge in [-0.1, -0.05) is 15.9 Å². The minimum absolute atomic E-state index is 0.215. The highest BCUT2D eigenvalue weighted by Crippen LogP contribution is 2.22. The smallest absolute Gasteiger partial charge is 0.329 e. The molecule has 1 aromatic carbocycles. The van der Waals surface area contributed by atoms with E-state index in [1.54, 1.807) is 12.1 Å². The van der Waals surface area contributed by atoms with Crippen LogP contribution in [0.3, 0.4) is 0 Å². The minimum atomic E-state index is -4.35. The Hall–Kier alpha value is -0.190. The van der Waals surface area contributed by atoms with Crippen molar-refractivity contribution in [3.63, 3.8) is 0 Å². The molecule has 1 aromatic rings. The molecule has 0 heterocycles. The summed E-state index contributed by atoms with van der Waals surface area (Å²) in [6, 6.07) is 4.87. The maximum absolute atomic E-state index is 11.1. The average molecular weight is 421 g/mol. The highest BCUT2D eigenvalue weighted by Gasteiger charge is 2.15. The largest absolute Gasteiger partial charge is 0.426 e. The summed E-state index contributed by atoms with van der Waals surface area (Å²) < 4.78 is 35.5. The van der Waals surface area contributed by atoms with E-state index in [4.69, 9.17) is 9.29 Å².